The van der Waals surface area contributed by atoms with Gasteiger partial charge in [-0.2, -0.15) is 0 Å². The lowest BCUT2D eigenvalue weighted by Crippen LogP contribution is -2.40. The van der Waals surface area contributed by atoms with Crippen LogP contribution in [-0.4, -0.2) is 27.5 Å². The molecule has 0 spiro atoms. The number of esters is 1. The van der Waals surface area contributed by atoms with Crippen LogP contribution < -0.4 is 0 Å². The van der Waals surface area contributed by atoms with Crippen LogP contribution in [0.25, 0.3) is 11.2 Å². The van der Waals surface area contributed by atoms with Gasteiger partial charge in [-0.25, -0.2) is 9.97 Å². The number of halogens is 1. The molecule has 2 aromatic heterocycles. The quantitative estimate of drug-likeness (QED) is 0.859. The van der Waals surface area contributed by atoms with Gasteiger partial charge < -0.3 is 9.72 Å². The number of nitrogens with one attached hydrogen (secondary N) is 1. The van der Waals surface area contributed by atoms with Crippen LogP contribution in [0, 0.1) is 0 Å². The number of carbonyl (C=O) groups is 1. The van der Waals surface area contributed by atoms with Gasteiger partial charge in [-0.15, -0.1) is 0 Å². The predicted octanol–water partition coefficient (Wildman–Crippen LogP) is 3.49. The number of pyridine rings is 1. The van der Waals surface area contributed by atoms with Gasteiger partial charge in [0, 0.05) is 10.7 Å². The molecular weight excluding hydrogens is 334 g/mol. The molecule has 6 heteroatoms. The van der Waals surface area contributed by atoms with E-state index >= 15 is 0 Å². The minimum Gasteiger partial charge on any atom is -0.465 e. The van der Waals surface area contributed by atoms with Gasteiger partial charge in [0.2, 0.25) is 0 Å². The Hall–Kier alpha value is -1.43. The molecule has 1 saturated carbocycles. The first-order chi connectivity index (χ1) is 10.2. The number of carbonyl (C=O) groups excluding carboxylic acids is 1. The molecular formula is C15H18BrN3O2. The Kier molecular flexibility index (Phi) is 3.97. The van der Waals surface area contributed by atoms with Gasteiger partial charge in [-0.3, -0.25) is 4.79 Å². The molecule has 0 atom stereocenters. The number of ether oxygens (including phenoxy) is 1. The largest absolute Gasteiger partial charge is 0.465 e. The van der Waals surface area contributed by atoms with Gasteiger partial charge in [0.05, 0.1) is 12.1 Å². The summed E-state index contributed by atoms with van der Waals surface area (Å²) in [5, 5.41) is 0. The van der Waals surface area contributed by atoms with E-state index in [4.69, 9.17) is 4.74 Å². The SMILES string of the molecule is CCOC(=O)C1(c2nc3ncc(Br)cc3[nH]2)CCCCC1. The van der Waals surface area contributed by atoms with E-state index in [-0.39, 0.29) is 5.97 Å². The number of aromatic nitrogens is 3. The maximum absolute atomic E-state index is 12.6. The summed E-state index contributed by atoms with van der Waals surface area (Å²) in [4.78, 5) is 24.7. The molecule has 0 aliphatic heterocycles. The maximum atomic E-state index is 12.6. The zero-order chi connectivity index (χ0) is 14.9. The molecule has 21 heavy (non-hydrogen) atoms. The third-order valence-corrected chi connectivity index (χ3v) is 4.56. The summed E-state index contributed by atoms with van der Waals surface area (Å²) in [6, 6.07) is 1.93. The molecule has 0 aromatic carbocycles. The second-order valence-corrected chi connectivity index (χ2v) is 6.39. The van der Waals surface area contributed by atoms with Crippen LogP contribution in [-0.2, 0) is 14.9 Å². The Balaban J connectivity index is 2.07. The highest BCUT2D eigenvalue weighted by Gasteiger charge is 2.45. The number of rotatable bonds is 3. The molecule has 0 unspecified atom stereocenters. The molecule has 0 bridgehead atoms. The molecule has 3 rings (SSSR count). The third-order valence-electron chi connectivity index (χ3n) is 4.13. The number of hydrogen-bond acceptors (Lipinski definition) is 4. The minimum atomic E-state index is -0.637. The average Bonchev–Trinajstić information content (AvgIpc) is 2.91. The highest BCUT2D eigenvalue weighted by atomic mass is 79.9. The second-order valence-electron chi connectivity index (χ2n) is 5.47. The standard InChI is InChI=1S/C15H18BrN3O2/c1-2-21-14(20)15(6-4-3-5-7-15)13-18-11-8-10(16)9-17-12(11)19-13/h8-9H,2-7H2,1H3,(H,17,18,19). The summed E-state index contributed by atoms with van der Waals surface area (Å²) in [6.45, 7) is 2.23. The zero-order valence-electron chi connectivity index (χ0n) is 12.0. The van der Waals surface area contributed by atoms with Crippen molar-refractivity contribution in [2.24, 2.45) is 0 Å². The van der Waals surface area contributed by atoms with E-state index in [1.54, 1.807) is 6.20 Å². The molecule has 0 saturated heterocycles. The first kappa shape index (κ1) is 14.5. The van der Waals surface area contributed by atoms with E-state index < -0.39 is 5.41 Å². The third kappa shape index (κ3) is 2.57. The molecule has 1 fully saturated rings. The molecule has 2 heterocycles. The maximum Gasteiger partial charge on any atom is 0.319 e. The van der Waals surface area contributed by atoms with Crippen LogP contribution in [0.4, 0.5) is 0 Å². The molecule has 1 aliphatic carbocycles. The van der Waals surface area contributed by atoms with Crippen molar-refractivity contribution in [1.82, 2.24) is 15.0 Å². The van der Waals surface area contributed by atoms with Crippen LogP contribution in [0.15, 0.2) is 16.7 Å². The average molecular weight is 352 g/mol. The summed E-state index contributed by atoms with van der Waals surface area (Å²) >= 11 is 3.40. The van der Waals surface area contributed by atoms with Gasteiger partial charge in [0.1, 0.15) is 11.2 Å². The Morgan fingerprint density at radius 2 is 2.19 bits per heavy atom. The molecule has 1 N–H and O–H groups in total. The number of nitrogens with zero attached hydrogens (tertiary/aromatic N) is 2. The number of aromatic amines is 1. The van der Waals surface area contributed by atoms with Crippen LogP contribution in [0.3, 0.4) is 0 Å². The minimum absolute atomic E-state index is 0.164. The summed E-state index contributed by atoms with van der Waals surface area (Å²) < 4.78 is 6.22. The lowest BCUT2D eigenvalue weighted by atomic mass is 9.73. The van der Waals surface area contributed by atoms with E-state index in [0.717, 1.165) is 42.1 Å². The Labute approximate surface area is 131 Å². The fourth-order valence-electron chi connectivity index (χ4n) is 3.06. The Morgan fingerprint density at radius 3 is 2.90 bits per heavy atom. The van der Waals surface area contributed by atoms with E-state index in [0.29, 0.717) is 18.1 Å². The van der Waals surface area contributed by atoms with Crippen molar-refractivity contribution < 1.29 is 9.53 Å². The monoisotopic (exact) mass is 351 g/mol. The van der Waals surface area contributed by atoms with E-state index in [1.807, 2.05) is 13.0 Å². The van der Waals surface area contributed by atoms with Crippen molar-refractivity contribution in [2.45, 2.75) is 44.4 Å². The highest BCUT2D eigenvalue weighted by Crippen LogP contribution is 2.39. The number of hydrogen-bond donors (Lipinski definition) is 1. The summed E-state index contributed by atoms with van der Waals surface area (Å²) in [5.74, 6) is 0.532. The van der Waals surface area contributed by atoms with Crippen molar-refractivity contribution in [3.05, 3.63) is 22.6 Å². The van der Waals surface area contributed by atoms with Crippen molar-refractivity contribution in [3.63, 3.8) is 0 Å². The number of H-pyrrole nitrogens is 1. The topological polar surface area (TPSA) is 67.9 Å². The van der Waals surface area contributed by atoms with Gasteiger partial charge in [0.25, 0.3) is 0 Å². The van der Waals surface area contributed by atoms with Crippen molar-refractivity contribution in [3.8, 4) is 0 Å². The van der Waals surface area contributed by atoms with Crippen LogP contribution >= 0.6 is 15.9 Å². The number of fused-ring (bicyclic) bond motifs is 1. The highest BCUT2D eigenvalue weighted by molar-refractivity contribution is 9.10. The molecule has 0 amide bonds. The van der Waals surface area contributed by atoms with Gasteiger partial charge in [-0.05, 0) is 41.8 Å². The van der Waals surface area contributed by atoms with E-state index in [2.05, 4.69) is 30.9 Å². The molecule has 0 radical (unpaired) electrons. The second kappa shape index (κ2) is 5.75. The molecule has 112 valence electrons. The van der Waals surface area contributed by atoms with Crippen molar-refractivity contribution in [1.29, 1.82) is 0 Å². The Morgan fingerprint density at radius 1 is 1.43 bits per heavy atom. The normalized spacial score (nSPS) is 17.8. The molecule has 1 aliphatic rings. The Bertz CT molecular complexity index is 662. The van der Waals surface area contributed by atoms with Crippen LogP contribution in [0.2, 0.25) is 0 Å². The van der Waals surface area contributed by atoms with Gasteiger partial charge >= 0.3 is 5.97 Å². The van der Waals surface area contributed by atoms with E-state index in [9.17, 15) is 4.79 Å². The molecule has 2 aromatic rings. The van der Waals surface area contributed by atoms with Crippen LogP contribution in [0.1, 0.15) is 44.9 Å². The summed E-state index contributed by atoms with van der Waals surface area (Å²) in [5.41, 5.74) is 0.845. The lowest BCUT2D eigenvalue weighted by Gasteiger charge is -2.32. The lowest BCUT2D eigenvalue weighted by molar-refractivity contribution is -0.152. The van der Waals surface area contributed by atoms with Crippen LogP contribution in [0.5, 0.6) is 0 Å². The number of imidazole rings is 1. The smallest absolute Gasteiger partial charge is 0.319 e. The summed E-state index contributed by atoms with van der Waals surface area (Å²) in [7, 11) is 0. The van der Waals surface area contributed by atoms with Crippen molar-refractivity contribution in [2.75, 3.05) is 6.61 Å². The predicted molar refractivity (Wildman–Crippen MR) is 83.0 cm³/mol. The zero-order valence-corrected chi connectivity index (χ0v) is 13.6. The fourth-order valence-corrected chi connectivity index (χ4v) is 3.39. The van der Waals surface area contributed by atoms with Gasteiger partial charge in [0.15, 0.2) is 5.65 Å². The van der Waals surface area contributed by atoms with Crippen molar-refractivity contribution >= 4 is 33.1 Å². The first-order valence-corrected chi connectivity index (χ1v) is 8.14. The molecule has 5 nitrogen and oxygen atoms in total. The van der Waals surface area contributed by atoms with Gasteiger partial charge in [-0.1, -0.05) is 19.3 Å². The first-order valence-electron chi connectivity index (χ1n) is 7.35. The van der Waals surface area contributed by atoms with E-state index in [1.165, 1.54) is 0 Å². The fraction of sp³-hybridized carbons (Fsp3) is 0.533. The summed E-state index contributed by atoms with van der Waals surface area (Å²) in [6.07, 6.45) is 6.48.